The van der Waals surface area contributed by atoms with Gasteiger partial charge >= 0.3 is 6.18 Å². The fraction of sp³-hybridized carbons (Fsp3) is 0.130. The second kappa shape index (κ2) is 9.45. The molecule has 33 heavy (non-hydrogen) atoms. The lowest BCUT2D eigenvalue weighted by Gasteiger charge is -2.12. The van der Waals surface area contributed by atoms with Gasteiger partial charge in [0.1, 0.15) is 0 Å². The zero-order valence-electron chi connectivity index (χ0n) is 17.1. The maximum absolute atomic E-state index is 13.4. The lowest BCUT2D eigenvalue weighted by Crippen LogP contribution is -2.08. The van der Waals surface area contributed by atoms with Crippen LogP contribution in [0.3, 0.4) is 0 Å². The first-order valence-electron chi connectivity index (χ1n) is 9.82. The third-order valence-electron chi connectivity index (χ3n) is 4.83. The molecular formula is C23H17F3N4O2S. The van der Waals surface area contributed by atoms with Crippen molar-refractivity contribution < 1.29 is 18.1 Å². The zero-order valence-corrected chi connectivity index (χ0v) is 17.9. The van der Waals surface area contributed by atoms with Gasteiger partial charge in [0, 0.05) is 23.4 Å². The third-order valence-corrected chi connectivity index (χ3v) is 5.86. The highest BCUT2D eigenvalue weighted by Crippen LogP contribution is 2.36. The maximum atomic E-state index is 13.4. The van der Waals surface area contributed by atoms with Crippen LogP contribution >= 0.6 is 11.8 Å². The topological polar surface area (TPSA) is 73.8 Å². The highest BCUT2D eigenvalue weighted by molar-refractivity contribution is 7.98. The molecule has 0 unspecified atom stereocenters. The van der Waals surface area contributed by atoms with Crippen molar-refractivity contribution in [2.45, 2.75) is 23.6 Å². The molecule has 0 aliphatic heterocycles. The van der Waals surface area contributed by atoms with Gasteiger partial charge in [0.2, 0.25) is 0 Å². The molecule has 0 amide bonds. The lowest BCUT2D eigenvalue weighted by molar-refractivity contribution is -0.385. The van der Waals surface area contributed by atoms with E-state index in [0.29, 0.717) is 23.5 Å². The monoisotopic (exact) mass is 470 g/mol. The summed E-state index contributed by atoms with van der Waals surface area (Å²) in [5.74, 6) is 0.708. The largest absolute Gasteiger partial charge is 0.416 e. The molecule has 3 aromatic carbocycles. The van der Waals surface area contributed by atoms with E-state index < -0.39 is 22.4 Å². The normalized spacial score (nSPS) is 11.5. The maximum Gasteiger partial charge on any atom is 0.416 e. The summed E-state index contributed by atoms with van der Waals surface area (Å²) in [7, 11) is 0. The first-order chi connectivity index (χ1) is 15.8. The van der Waals surface area contributed by atoms with Crippen LogP contribution in [0.15, 0.2) is 84.0 Å². The Labute approximate surface area is 191 Å². The van der Waals surface area contributed by atoms with E-state index in [4.69, 9.17) is 0 Å². The molecule has 0 spiro atoms. The molecule has 0 saturated carbocycles. The van der Waals surface area contributed by atoms with Crippen molar-refractivity contribution in [3.63, 3.8) is 0 Å². The average molecular weight is 470 g/mol. The quantitative estimate of drug-likeness (QED) is 0.182. The summed E-state index contributed by atoms with van der Waals surface area (Å²) in [5, 5.41) is 20.1. The minimum absolute atomic E-state index is 0.0217. The zero-order chi connectivity index (χ0) is 23.4. The van der Waals surface area contributed by atoms with Crippen molar-refractivity contribution in [1.29, 1.82) is 0 Å². The van der Waals surface area contributed by atoms with Gasteiger partial charge in [-0.05, 0) is 17.2 Å². The Balaban J connectivity index is 1.78. The van der Waals surface area contributed by atoms with Gasteiger partial charge in [-0.15, -0.1) is 10.2 Å². The van der Waals surface area contributed by atoms with E-state index in [1.54, 1.807) is 4.57 Å². The number of halogens is 3. The molecule has 0 radical (unpaired) electrons. The Bertz CT molecular complexity index is 1260. The molecule has 4 rings (SSSR count). The summed E-state index contributed by atoms with van der Waals surface area (Å²) < 4.78 is 41.9. The standard InChI is InChI=1S/C23H17F3N4O2S/c24-23(25,26)19-11-18(12-20(13-19)30(31)32)21-27-28-22(33-15-17-9-5-2-6-10-17)29(21)14-16-7-3-1-4-8-16/h1-13H,14-15H2. The van der Waals surface area contributed by atoms with Crippen LogP contribution in [0.4, 0.5) is 18.9 Å². The highest BCUT2D eigenvalue weighted by atomic mass is 32.2. The first kappa shape index (κ1) is 22.5. The van der Waals surface area contributed by atoms with Gasteiger partial charge in [-0.3, -0.25) is 14.7 Å². The smallest absolute Gasteiger partial charge is 0.298 e. The second-order valence-electron chi connectivity index (χ2n) is 7.18. The summed E-state index contributed by atoms with van der Waals surface area (Å²) in [5.41, 5.74) is 0.146. The van der Waals surface area contributed by atoms with Gasteiger partial charge in [-0.25, -0.2) is 0 Å². The lowest BCUT2D eigenvalue weighted by atomic mass is 10.1. The van der Waals surface area contributed by atoms with Gasteiger partial charge in [0.05, 0.1) is 17.0 Å². The Morgan fingerprint density at radius 2 is 1.55 bits per heavy atom. The van der Waals surface area contributed by atoms with Gasteiger partial charge in [-0.2, -0.15) is 13.2 Å². The van der Waals surface area contributed by atoms with E-state index in [9.17, 15) is 23.3 Å². The van der Waals surface area contributed by atoms with E-state index in [1.165, 1.54) is 11.8 Å². The van der Waals surface area contributed by atoms with E-state index >= 15 is 0 Å². The molecule has 6 nitrogen and oxygen atoms in total. The van der Waals surface area contributed by atoms with Crippen LogP contribution in [0.2, 0.25) is 0 Å². The first-order valence-corrected chi connectivity index (χ1v) is 10.8. The van der Waals surface area contributed by atoms with Crippen molar-refractivity contribution >= 4 is 17.4 Å². The number of nitro groups is 1. The van der Waals surface area contributed by atoms with Gasteiger partial charge in [0.25, 0.3) is 5.69 Å². The number of non-ortho nitro benzene ring substituents is 1. The van der Waals surface area contributed by atoms with Crippen LogP contribution in [0.1, 0.15) is 16.7 Å². The van der Waals surface area contributed by atoms with Crippen molar-refractivity contribution in [2.75, 3.05) is 0 Å². The predicted octanol–water partition coefficient (Wildman–Crippen LogP) is 6.21. The minimum atomic E-state index is -4.74. The highest BCUT2D eigenvalue weighted by Gasteiger charge is 2.33. The van der Waals surface area contributed by atoms with E-state index in [-0.39, 0.29) is 11.4 Å². The van der Waals surface area contributed by atoms with Gasteiger partial charge in [0.15, 0.2) is 11.0 Å². The Hall–Kier alpha value is -3.66. The molecule has 10 heteroatoms. The molecule has 1 heterocycles. The molecular weight excluding hydrogens is 453 g/mol. The van der Waals surface area contributed by atoms with Crippen LogP contribution in [0.25, 0.3) is 11.4 Å². The van der Waals surface area contributed by atoms with E-state index in [0.717, 1.165) is 23.3 Å². The molecule has 168 valence electrons. The average Bonchev–Trinajstić information content (AvgIpc) is 3.20. The number of hydrogen-bond acceptors (Lipinski definition) is 5. The second-order valence-corrected chi connectivity index (χ2v) is 8.12. The van der Waals surface area contributed by atoms with Crippen LogP contribution in [-0.4, -0.2) is 19.7 Å². The van der Waals surface area contributed by atoms with Gasteiger partial charge in [-0.1, -0.05) is 72.4 Å². The molecule has 0 fully saturated rings. The number of nitrogens with zero attached hydrogens (tertiary/aromatic N) is 4. The Morgan fingerprint density at radius 1 is 0.909 bits per heavy atom. The number of benzene rings is 3. The van der Waals surface area contributed by atoms with Crippen molar-refractivity contribution in [3.8, 4) is 11.4 Å². The number of aromatic nitrogens is 3. The SMILES string of the molecule is O=[N+]([O-])c1cc(-c2nnc(SCc3ccccc3)n2Cc2ccccc2)cc(C(F)(F)F)c1. The molecule has 0 saturated heterocycles. The van der Waals surface area contributed by atoms with E-state index in [2.05, 4.69) is 10.2 Å². The molecule has 1 aromatic heterocycles. The molecule has 0 N–H and O–H groups in total. The summed E-state index contributed by atoms with van der Waals surface area (Å²) in [6.45, 7) is 0.296. The van der Waals surface area contributed by atoms with Crippen LogP contribution in [-0.2, 0) is 18.5 Å². The molecule has 0 bridgehead atoms. The fourth-order valence-electron chi connectivity index (χ4n) is 3.25. The predicted molar refractivity (Wildman–Crippen MR) is 119 cm³/mol. The molecule has 0 atom stereocenters. The number of hydrogen-bond donors (Lipinski definition) is 0. The summed E-state index contributed by atoms with van der Waals surface area (Å²) in [6.07, 6.45) is -4.74. The van der Waals surface area contributed by atoms with Crippen molar-refractivity contribution in [2.24, 2.45) is 0 Å². The van der Waals surface area contributed by atoms with E-state index in [1.807, 2.05) is 60.7 Å². The molecule has 0 aliphatic rings. The van der Waals surface area contributed by atoms with Gasteiger partial charge < -0.3 is 0 Å². The fourth-order valence-corrected chi connectivity index (χ4v) is 4.14. The summed E-state index contributed by atoms with van der Waals surface area (Å²) in [6, 6.07) is 21.5. The minimum Gasteiger partial charge on any atom is -0.298 e. The van der Waals surface area contributed by atoms with Crippen molar-refractivity contribution in [1.82, 2.24) is 14.8 Å². The molecule has 0 aliphatic carbocycles. The Kier molecular flexibility index (Phi) is 6.45. The number of thioether (sulfide) groups is 1. The van der Waals surface area contributed by atoms with Crippen LogP contribution in [0, 0.1) is 10.1 Å². The number of nitro benzene ring substituents is 1. The number of alkyl halides is 3. The van der Waals surface area contributed by atoms with Crippen LogP contribution in [0.5, 0.6) is 0 Å². The van der Waals surface area contributed by atoms with Crippen molar-refractivity contribution in [3.05, 3.63) is 106 Å². The number of rotatable bonds is 7. The summed E-state index contributed by atoms with van der Waals surface area (Å²) >= 11 is 1.39. The Morgan fingerprint density at radius 3 is 2.15 bits per heavy atom. The third kappa shape index (κ3) is 5.40. The van der Waals surface area contributed by atoms with Crippen LogP contribution < -0.4 is 0 Å². The molecule has 4 aromatic rings. The summed E-state index contributed by atoms with van der Waals surface area (Å²) in [4.78, 5) is 10.4.